The van der Waals surface area contributed by atoms with Gasteiger partial charge in [-0.25, -0.2) is 0 Å². The molecule has 1 aliphatic carbocycles. The average molecular weight is 342 g/mol. The van der Waals surface area contributed by atoms with E-state index >= 15 is 0 Å². The Balaban J connectivity index is 1.80. The van der Waals surface area contributed by atoms with E-state index < -0.39 is 0 Å². The summed E-state index contributed by atoms with van der Waals surface area (Å²) in [5, 5.41) is 0. The summed E-state index contributed by atoms with van der Waals surface area (Å²) in [7, 11) is 3.40. The highest BCUT2D eigenvalue weighted by molar-refractivity contribution is 5.64. The van der Waals surface area contributed by atoms with Gasteiger partial charge >= 0.3 is 0 Å². The zero-order valence-corrected chi connectivity index (χ0v) is 15.1. The molecule has 2 nitrogen and oxygen atoms in total. The molecule has 0 amide bonds. The molecule has 0 aromatic heterocycles. The predicted octanol–water partition coefficient (Wildman–Crippen LogP) is 5.65. The lowest BCUT2D eigenvalue weighted by atomic mass is 9.78. The highest BCUT2D eigenvalue weighted by Crippen LogP contribution is 2.44. The number of rotatable bonds is 5. The van der Waals surface area contributed by atoms with E-state index in [1.165, 1.54) is 22.3 Å². The summed E-state index contributed by atoms with van der Waals surface area (Å²) < 4.78 is 10.7. The average Bonchev–Trinajstić information content (AvgIpc) is 3.13. The molecule has 0 N–H and O–H groups in total. The molecule has 1 atom stereocenters. The largest absolute Gasteiger partial charge is 0.497 e. The van der Waals surface area contributed by atoms with Gasteiger partial charge in [-0.1, -0.05) is 60.7 Å². The SMILES string of the molecule is COc1ccc(C(c2ccc(OC)cc2)C2C=Cc3ccccc32)cc1. The summed E-state index contributed by atoms with van der Waals surface area (Å²) in [5.41, 5.74) is 5.25. The van der Waals surface area contributed by atoms with Crippen molar-refractivity contribution in [3.8, 4) is 11.5 Å². The van der Waals surface area contributed by atoms with Crippen LogP contribution in [0.1, 0.15) is 34.1 Å². The molecule has 1 aliphatic rings. The van der Waals surface area contributed by atoms with E-state index in [1.54, 1.807) is 14.2 Å². The second kappa shape index (κ2) is 7.09. The smallest absolute Gasteiger partial charge is 0.118 e. The Labute approximate surface area is 154 Å². The van der Waals surface area contributed by atoms with E-state index in [0.717, 1.165) is 11.5 Å². The molecule has 0 saturated carbocycles. The van der Waals surface area contributed by atoms with Crippen LogP contribution in [-0.2, 0) is 0 Å². The maximum atomic E-state index is 5.34. The van der Waals surface area contributed by atoms with Gasteiger partial charge in [-0.3, -0.25) is 0 Å². The molecule has 0 fully saturated rings. The van der Waals surface area contributed by atoms with Crippen LogP contribution in [0.25, 0.3) is 6.08 Å². The lowest BCUT2D eigenvalue weighted by molar-refractivity contribution is 0.414. The first-order valence-electron chi connectivity index (χ1n) is 8.85. The van der Waals surface area contributed by atoms with Crippen LogP contribution in [0, 0.1) is 0 Å². The van der Waals surface area contributed by atoms with E-state index in [1.807, 2.05) is 24.3 Å². The molecule has 130 valence electrons. The number of hydrogen-bond donors (Lipinski definition) is 0. The van der Waals surface area contributed by atoms with Crippen LogP contribution in [0.5, 0.6) is 11.5 Å². The molecule has 0 saturated heterocycles. The van der Waals surface area contributed by atoms with Crippen molar-refractivity contribution in [1.82, 2.24) is 0 Å². The molecule has 0 heterocycles. The van der Waals surface area contributed by atoms with Gasteiger partial charge in [0, 0.05) is 11.8 Å². The summed E-state index contributed by atoms with van der Waals surface area (Å²) in [4.78, 5) is 0. The molecular weight excluding hydrogens is 320 g/mol. The molecule has 0 radical (unpaired) electrons. The molecular formula is C24H22O2. The lowest BCUT2D eigenvalue weighted by Crippen LogP contribution is -2.10. The number of hydrogen-bond acceptors (Lipinski definition) is 2. The van der Waals surface area contributed by atoms with Crippen molar-refractivity contribution >= 4 is 6.08 Å². The fourth-order valence-corrected chi connectivity index (χ4v) is 3.80. The van der Waals surface area contributed by atoms with Crippen molar-refractivity contribution in [3.05, 3.63) is 101 Å². The molecule has 3 aromatic rings. The predicted molar refractivity (Wildman–Crippen MR) is 106 cm³/mol. The third kappa shape index (κ3) is 2.99. The molecule has 26 heavy (non-hydrogen) atoms. The Morgan fingerprint density at radius 3 is 1.77 bits per heavy atom. The van der Waals surface area contributed by atoms with Crippen molar-refractivity contribution in [2.75, 3.05) is 14.2 Å². The number of benzene rings is 3. The molecule has 4 rings (SSSR count). The number of fused-ring (bicyclic) bond motifs is 1. The standard InChI is InChI=1S/C24H22O2/c1-25-20-12-7-18(8-13-20)24(19-9-14-21(26-2)15-10-19)23-16-11-17-5-3-4-6-22(17)23/h3-16,23-24H,1-2H3. The number of ether oxygens (including phenoxy) is 2. The second-order valence-electron chi connectivity index (χ2n) is 6.54. The van der Waals surface area contributed by atoms with E-state index in [2.05, 4.69) is 60.7 Å². The van der Waals surface area contributed by atoms with E-state index in [0.29, 0.717) is 5.92 Å². The zero-order chi connectivity index (χ0) is 17.9. The maximum Gasteiger partial charge on any atom is 0.118 e. The fraction of sp³-hybridized carbons (Fsp3) is 0.167. The van der Waals surface area contributed by atoms with Crippen LogP contribution < -0.4 is 9.47 Å². The minimum absolute atomic E-state index is 0.242. The summed E-state index contributed by atoms with van der Waals surface area (Å²) >= 11 is 0. The highest BCUT2D eigenvalue weighted by Gasteiger charge is 2.28. The van der Waals surface area contributed by atoms with Gasteiger partial charge < -0.3 is 9.47 Å². The van der Waals surface area contributed by atoms with Gasteiger partial charge in [-0.05, 0) is 46.5 Å². The van der Waals surface area contributed by atoms with Crippen LogP contribution in [0.2, 0.25) is 0 Å². The van der Waals surface area contributed by atoms with E-state index in [4.69, 9.17) is 9.47 Å². The van der Waals surface area contributed by atoms with Gasteiger partial charge in [-0.15, -0.1) is 0 Å². The van der Waals surface area contributed by atoms with Crippen LogP contribution in [0.15, 0.2) is 78.9 Å². The summed E-state index contributed by atoms with van der Waals surface area (Å²) in [5.74, 6) is 2.31. The monoisotopic (exact) mass is 342 g/mol. The van der Waals surface area contributed by atoms with Crippen LogP contribution in [0.4, 0.5) is 0 Å². The number of allylic oxidation sites excluding steroid dienone is 1. The Hall–Kier alpha value is -3.00. The molecule has 1 unspecified atom stereocenters. The van der Waals surface area contributed by atoms with Crippen LogP contribution in [-0.4, -0.2) is 14.2 Å². The summed E-state index contributed by atoms with van der Waals surface area (Å²) in [6.45, 7) is 0. The zero-order valence-electron chi connectivity index (χ0n) is 15.1. The van der Waals surface area contributed by atoms with Crippen LogP contribution >= 0.6 is 0 Å². The van der Waals surface area contributed by atoms with E-state index in [9.17, 15) is 0 Å². The van der Waals surface area contributed by atoms with Gasteiger partial charge in [0.2, 0.25) is 0 Å². The second-order valence-corrected chi connectivity index (χ2v) is 6.54. The topological polar surface area (TPSA) is 18.5 Å². The van der Waals surface area contributed by atoms with Crippen molar-refractivity contribution in [3.63, 3.8) is 0 Å². The third-order valence-corrected chi connectivity index (χ3v) is 5.15. The molecule has 0 spiro atoms. The Bertz CT molecular complexity index is 860. The highest BCUT2D eigenvalue weighted by atomic mass is 16.5. The molecule has 0 bridgehead atoms. The van der Waals surface area contributed by atoms with Gasteiger partial charge in [0.05, 0.1) is 14.2 Å². The third-order valence-electron chi connectivity index (χ3n) is 5.15. The Morgan fingerprint density at radius 1 is 0.692 bits per heavy atom. The van der Waals surface area contributed by atoms with Gasteiger partial charge in [0.25, 0.3) is 0 Å². The number of methoxy groups -OCH3 is 2. The quantitative estimate of drug-likeness (QED) is 0.597. The molecule has 2 heteroatoms. The van der Waals surface area contributed by atoms with Crippen molar-refractivity contribution in [1.29, 1.82) is 0 Å². The summed E-state index contributed by atoms with van der Waals surface area (Å²) in [6.07, 6.45) is 4.56. The first-order valence-corrected chi connectivity index (χ1v) is 8.85. The van der Waals surface area contributed by atoms with Gasteiger partial charge in [0.1, 0.15) is 11.5 Å². The van der Waals surface area contributed by atoms with Gasteiger partial charge in [-0.2, -0.15) is 0 Å². The van der Waals surface area contributed by atoms with E-state index in [-0.39, 0.29) is 5.92 Å². The first kappa shape index (κ1) is 16.5. The van der Waals surface area contributed by atoms with Crippen molar-refractivity contribution in [2.45, 2.75) is 11.8 Å². The van der Waals surface area contributed by atoms with Crippen molar-refractivity contribution < 1.29 is 9.47 Å². The molecule has 0 aliphatic heterocycles. The maximum absolute atomic E-state index is 5.34. The summed E-state index contributed by atoms with van der Waals surface area (Å²) in [6, 6.07) is 25.5. The lowest BCUT2D eigenvalue weighted by Gasteiger charge is -2.25. The molecule has 3 aromatic carbocycles. The first-order chi connectivity index (χ1) is 12.8. The van der Waals surface area contributed by atoms with Crippen molar-refractivity contribution in [2.24, 2.45) is 0 Å². The normalized spacial score (nSPS) is 15.1. The minimum Gasteiger partial charge on any atom is -0.497 e. The fourth-order valence-electron chi connectivity index (χ4n) is 3.80. The Kier molecular flexibility index (Phi) is 4.49. The Morgan fingerprint density at radius 2 is 1.23 bits per heavy atom. The van der Waals surface area contributed by atoms with Gasteiger partial charge in [0.15, 0.2) is 0 Å². The van der Waals surface area contributed by atoms with Crippen LogP contribution in [0.3, 0.4) is 0 Å². The minimum atomic E-state index is 0.242.